The van der Waals surface area contributed by atoms with Crippen LogP contribution >= 0.6 is 0 Å². The molecule has 238 valence electrons. The fourth-order valence-corrected chi connectivity index (χ4v) is 7.64. The molecular weight excluding hydrogens is 627 g/mol. The molecule has 0 radical (unpaired) electrons. The molecule has 0 unspecified atom stereocenters. The summed E-state index contributed by atoms with van der Waals surface area (Å²) in [6.07, 6.45) is 0. The van der Waals surface area contributed by atoms with E-state index in [4.69, 9.17) is 18.8 Å². The van der Waals surface area contributed by atoms with Crippen molar-refractivity contribution >= 4 is 65.7 Å². The predicted octanol–water partition coefficient (Wildman–Crippen LogP) is 12.4. The molecule has 0 N–H and O–H groups in total. The summed E-state index contributed by atoms with van der Waals surface area (Å²) < 4.78 is 14.9. The highest BCUT2D eigenvalue weighted by Gasteiger charge is 2.19. The van der Waals surface area contributed by atoms with Gasteiger partial charge in [0.2, 0.25) is 0 Å². The molecule has 0 aliphatic rings. The van der Waals surface area contributed by atoms with E-state index in [-0.39, 0.29) is 0 Å². The molecule has 0 saturated heterocycles. The van der Waals surface area contributed by atoms with Crippen molar-refractivity contribution in [2.75, 3.05) is 0 Å². The van der Waals surface area contributed by atoms with Gasteiger partial charge in [-0.25, -0.2) is 9.97 Å². The van der Waals surface area contributed by atoms with E-state index < -0.39 is 0 Å². The Balaban J connectivity index is 1.07. The Bertz CT molecular complexity index is 3130. The third-order valence-electron chi connectivity index (χ3n) is 10.0. The van der Waals surface area contributed by atoms with Crippen molar-refractivity contribution in [2.45, 2.75) is 0 Å². The van der Waals surface area contributed by atoms with Gasteiger partial charge in [0.1, 0.15) is 22.3 Å². The first-order valence-corrected chi connectivity index (χ1v) is 17.1. The van der Waals surface area contributed by atoms with E-state index in [0.717, 1.165) is 99.4 Å². The Kier molecular flexibility index (Phi) is 5.89. The summed E-state index contributed by atoms with van der Waals surface area (Å²) >= 11 is 0. The summed E-state index contributed by atoms with van der Waals surface area (Å²) in [6, 6.07) is 56.6. The molecule has 51 heavy (non-hydrogen) atoms. The summed E-state index contributed by atoms with van der Waals surface area (Å²) in [5.41, 5.74) is 11.5. The second-order valence-corrected chi connectivity index (χ2v) is 13.0. The van der Waals surface area contributed by atoms with Gasteiger partial charge in [0.25, 0.3) is 0 Å². The van der Waals surface area contributed by atoms with Gasteiger partial charge in [0, 0.05) is 49.3 Å². The second-order valence-electron chi connectivity index (χ2n) is 13.0. The first-order chi connectivity index (χ1) is 25.3. The topological polar surface area (TPSA) is 57.0 Å². The van der Waals surface area contributed by atoms with E-state index >= 15 is 0 Å². The van der Waals surface area contributed by atoms with Gasteiger partial charge in [-0.15, -0.1) is 0 Å². The number of aromatic nitrogens is 3. The molecule has 0 saturated carbocycles. The normalized spacial score (nSPS) is 11.9. The minimum absolute atomic E-state index is 0.667. The molecule has 4 aromatic heterocycles. The zero-order valence-corrected chi connectivity index (χ0v) is 27.2. The fraction of sp³-hybridized carbons (Fsp3) is 0. The fourth-order valence-electron chi connectivity index (χ4n) is 7.64. The first-order valence-electron chi connectivity index (χ1n) is 17.1. The molecule has 4 heterocycles. The molecule has 5 heteroatoms. The molecule has 5 nitrogen and oxygen atoms in total. The Morgan fingerprint density at radius 2 is 1.00 bits per heavy atom. The molecule has 0 amide bonds. The molecule has 0 aliphatic carbocycles. The van der Waals surface area contributed by atoms with Crippen LogP contribution in [-0.2, 0) is 0 Å². The van der Waals surface area contributed by atoms with Crippen LogP contribution in [0.4, 0.5) is 0 Å². The number of furan rings is 2. The zero-order valence-electron chi connectivity index (χ0n) is 27.2. The zero-order chi connectivity index (χ0) is 33.5. The third-order valence-corrected chi connectivity index (χ3v) is 10.0. The minimum Gasteiger partial charge on any atom is -0.456 e. The number of hydrogen-bond acceptors (Lipinski definition) is 4. The molecule has 0 bridgehead atoms. The summed E-state index contributed by atoms with van der Waals surface area (Å²) in [6.45, 7) is 0. The SMILES string of the molecule is c1ccc(-c2cc(-c3ccc(-n4c5ccccc5c5c6oc7ccccc7c6ccc54)cc3)nc(-c3ccc4oc5ccccc5c4c3)n2)cc1. The molecule has 11 aromatic rings. The van der Waals surface area contributed by atoms with Crippen LogP contribution in [0.2, 0.25) is 0 Å². The maximum atomic E-state index is 6.50. The highest BCUT2D eigenvalue weighted by atomic mass is 16.3. The van der Waals surface area contributed by atoms with E-state index in [2.05, 4.69) is 108 Å². The van der Waals surface area contributed by atoms with Crippen molar-refractivity contribution in [1.82, 2.24) is 14.5 Å². The van der Waals surface area contributed by atoms with Gasteiger partial charge in [0.15, 0.2) is 5.82 Å². The highest BCUT2D eigenvalue weighted by molar-refractivity contribution is 6.23. The van der Waals surface area contributed by atoms with Crippen LogP contribution in [0.15, 0.2) is 173 Å². The number of para-hydroxylation sites is 3. The van der Waals surface area contributed by atoms with Gasteiger partial charge in [0.05, 0.1) is 27.8 Å². The van der Waals surface area contributed by atoms with Gasteiger partial charge < -0.3 is 13.4 Å². The average molecular weight is 654 g/mol. The predicted molar refractivity (Wildman–Crippen MR) is 207 cm³/mol. The average Bonchev–Trinajstić information content (AvgIpc) is 3.87. The minimum atomic E-state index is 0.667. The van der Waals surface area contributed by atoms with Crippen molar-refractivity contribution in [2.24, 2.45) is 0 Å². The van der Waals surface area contributed by atoms with E-state index in [1.54, 1.807) is 0 Å². The molecule has 0 aliphatic heterocycles. The Morgan fingerprint density at radius 3 is 1.78 bits per heavy atom. The Hall–Kier alpha value is -6.98. The highest BCUT2D eigenvalue weighted by Crippen LogP contribution is 2.41. The molecule has 7 aromatic carbocycles. The standard InChI is InChI=1S/C46H27N3O2/c1-2-10-28(11-3-1)37-27-38(48-46(47-37)30-20-25-43-36(26-30)33-13-6-8-16-41(33)50-43)29-18-21-31(22-19-29)49-39-15-7-4-14-35(39)44-40(49)24-23-34-32-12-5-9-17-42(32)51-45(34)44/h1-27H. The summed E-state index contributed by atoms with van der Waals surface area (Å²) in [5.74, 6) is 0.667. The quantitative estimate of drug-likeness (QED) is 0.190. The van der Waals surface area contributed by atoms with Gasteiger partial charge in [-0.05, 0) is 66.7 Å². The second kappa shape index (κ2) is 10.8. The number of rotatable bonds is 4. The van der Waals surface area contributed by atoms with Crippen molar-refractivity contribution in [1.29, 1.82) is 0 Å². The Labute approximate surface area is 291 Å². The summed E-state index contributed by atoms with van der Waals surface area (Å²) in [5, 5.41) is 6.68. The van der Waals surface area contributed by atoms with Crippen LogP contribution in [0.25, 0.3) is 105 Å². The van der Waals surface area contributed by atoms with Gasteiger partial charge in [-0.1, -0.05) is 97.1 Å². The van der Waals surface area contributed by atoms with Crippen molar-refractivity contribution < 1.29 is 8.83 Å². The summed E-state index contributed by atoms with van der Waals surface area (Å²) in [4.78, 5) is 10.2. The van der Waals surface area contributed by atoms with Crippen LogP contribution in [0.3, 0.4) is 0 Å². The maximum absolute atomic E-state index is 6.50. The number of benzene rings is 7. The lowest BCUT2D eigenvalue weighted by molar-refractivity contribution is 0.669. The van der Waals surface area contributed by atoms with E-state index in [1.165, 1.54) is 0 Å². The van der Waals surface area contributed by atoms with Crippen LogP contribution in [0.5, 0.6) is 0 Å². The van der Waals surface area contributed by atoms with E-state index in [0.29, 0.717) is 5.82 Å². The maximum Gasteiger partial charge on any atom is 0.160 e. The lowest BCUT2D eigenvalue weighted by Crippen LogP contribution is -1.97. The number of hydrogen-bond donors (Lipinski definition) is 0. The number of nitrogens with zero attached hydrogens (tertiary/aromatic N) is 3. The first kappa shape index (κ1) is 27.9. The molecule has 0 atom stereocenters. The largest absolute Gasteiger partial charge is 0.456 e. The number of fused-ring (bicyclic) bond motifs is 10. The molecular formula is C46H27N3O2. The summed E-state index contributed by atoms with van der Waals surface area (Å²) in [7, 11) is 0. The van der Waals surface area contributed by atoms with Crippen LogP contribution < -0.4 is 0 Å². The van der Waals surface area contributed by atoms with Gasteiger partial charge >= 0.3 is 0 Å². The van der Waals surface area contributed by atoms with Crippen molar-refractivity contribution in [3.05, 3.63) is 164 Å². The molecule has 11 rings (SSSR count). The van der Waals surface area contributed by atoms with Gasteiger partial charge in [-0.2, -0.15) is 0 Å². The Morgan fingerprint density at radius 1 is 0.392 bits per heavy atom. The van der Waals surface area contributed by atoms with Gasteiger partial charge in [-0.3, -0.25) is 0 Å². The van der Waals surface area contributed by atoms with Crippen molar-refractivity contribution in [3.8, 4) is 39.6 Å². The van der Waals surface area contributed by atoms with Crippen LogP contribution in [0, 0.1) is 0 Å². The van der Waals surface area contributed by atoms with Crippen molar-refractivity contribution in [3.63, 3.8) is 0 Å². The van der Waals surface area contributed by atoms with Crippen LogP contribution in [0.1, 0.15) is 0 Å². The molecule has 0 spiro atoms. The lowest BCUT2D eigenvalue weighted by atomic mass is 10.1. The third kappa shape index (κ3) is 4.28. The van der Waals surface area contributed by atoms with E-state index in [1.807, 2.05) is 60.7 Å². The van der Waals surface area contributed by atoms with E-state index in [9.17, 15) is 0 Å². The molecule has 0 fully saturated rings. The monoisotopic (exact) mass is 653 g/mol. The lowest BCUT2D eigenvalue weighted by Gasteiger charge is -2.11. The van der Waals surface area contributed by atoms with Crippen LogP contribution in [-0.4, -0.2) is 14.5 Å². The smallest absolute Gasteiger partial charge is 0.160 e.